The Balaban J connectivity index is 1.97. The highest BCUT2D eigenvalue weighted by atomic mass is 19.1. The average Bonchev–Trinajstić information content (AvgIpc) is 2.54. The molecule has 0 aliphatic carbocycles. The number of anilines is 1. The zero-order chi connectivity index (χ0) is 16.6. The molecule has 1 aliphatic rings. The summed E-state index contributed by atoms with van der Waals surface area (Å²) in [7, 11) is 0. The highest BCUT2D eigenvalue weighted by molar-refractivity contribution is 6.07. The summed E-state index contributed by atoms with van der Waals surface area (Å²) in [5.74, 6) is -0.555. The Morgan fingerprint density at radius 2 is 1.96 bits per heavy atom. The van der Waals surface area contributed by atoms with Crippen molar-refractivity contribution < 1.29 is 14.1 Å². The van der Waals surface area contributed by atoms with E-state index in [4.69, 9.17) is 0 Å². The first-order chi connectivity index (χ1) is 11.0. The number of aryl methyl sites for hydroxylation is 1. The maximum Gasteiger partial charge on any atom is 0.269 e. The molecular weight excluding hydrogens is 299 g/mol. The Bertz CT molecular complexity index is 774. The summed E-state index contributed by atoms with van der Waals surface area (Å²) < 4.78 is 13.4. The third-order valence-corrected chi connectivity index (χ3v) is 4.12. The maximum atomic E-state index is 13.4. The van der Waals surface area contributed by atoms with Crippen molar-refractivity contribution in [2.45, 2.75) is 25.8 Å². The van der Waals surface area contributed by atoms with Crippen LogP contribution in [0.25, 0.3) is 0 Å². The maximum absolute atomic E-state index is 13.4. The van der Waals surface area contributed by atoms with Gasteiger partial charge >= 0.3 is 0 Å². The first kappa shape index (κ1) is 15.1. The van der Waals surface area contributed by atoms with E-state index in [-0.39, 0.29) is 23.5 Å². The van der Waals surface area contributed by atoms with Gasteiger partial charge in [-0.2, -0.15) is 0 Å². The highest BCUT2D eigenvalue weighted by Crippen LogP contribution is 2.32. The van der Waals surface area contributed by atoms with Crippen LogP contribution in [0, 0.1) is 15.9 Å². The molecule has 2 aromatic rings. The van der Waals surface area contributed by atoms with Gasteiger partial charge in [-0.05, 0) is 55.7 Å². The van der Waals surface area contributed by atoms with Gasteiger partial charge in [-0.1, -0.05) is 0 Å². The van der Waals surface area contributed by atoms with Crippen LogP contribution in [0.2, 0.25) is 0 Å². The number of nitrogens with zero attached hydrogens (tertiary/aromatic N) is 2. The van der Waals surface area contributed by atoms with Gasteiger partial charge in [0.05, 0.1) is 4.92 Å². The predicted molar refractivity (Wildman–Crippen MR) is 84.1 cm³/mol. The molecule has 0 N–H and O–H groups in total. The van der Waals surface area contributed by atoms with Crippen LogP contribution in [-0.2, 0) is 6.42 Å². The lowest BCUT2D eigenvalue weighted by molar-refractivity contribution is -0.384. The van der Waals surface area contributed by atoms with Crippen molar-refractivity contribution in [1.82, 2.24) is 0 Å². The molecule has 6 heteroatoms. The predicted octanol–water partition coefficient (Wildman–Crippen LogP) is 3.72. The van der Waals surface area contributed by atoms with Crippen molar-refractivity contribution in [3.8, 4) is 0 Å². The number of carbonyl (C=O) groups is 1. The molecule has 3 rings (SSSR count). The van der Waals surface area contributed by atoms with Crippen molar-refractivity contribution in [3.05, 3.63) is 69.5 Å². The van der Waals surface area contributed by atoms with E-state index in [1.165, 1.54) is 36.4 Å². The second-order valence-corrected chi connectivity index (χ2v) is 5.64. The van der Waals surface area contributed by atoms with Crippen LogP contribution in [0.4, 0.5) is 15.8 Å². The van der Waals surface area contributed by atoms with E-state index < -0.39 is 4.92 Å². The van der Waals surface area contributed by atoms with Gasteiger partial charge in [0.2, 0.25) is 0 Å². The Labute approximate surface area is 132 Å². The third kappa shape index (κ3) is 2.79. The van der Waals surface area contributed by atoms with Gasteiger partial charge in [0, 0.05) is 29.4 Å². The van der Waals surface area contributed by atoms with Crippen LogP contribution in [0.15, 0.2) is 42.5 Å². The normalized spacial score (nSPS) is 16.8. The Morgan fingerprint density at radius 3 is 2.61 bits per heavy atom. The second-order valence-electron chi connectivity index (χ2n) is 5.64. The molecule has 0 aromatic heterocycles. The molecule has 1 aliphatic heterocycles. The quantitative estimate of drug-likeness (QED) is 0.627. The number of benzene rings is 2. The molecule has 0 spiro atoms. The van der Waals surface area contributed by atoms with Crippen molar-refractivity contribution in [3.63, 3.8) is 0 Å². The lowest BCUT2D eigenvalue weighted by atomic mass is 9.95. The van der Waals surface area contributed by atoms with Crippen LogP contribution in [0.3, 0.4) is 0 Å². The SMILES string of the molecule is C[C@H]1CCc2cc(F)ccc2N1C(=O)c1ccc([N+](=O)[O-])cc1. The van der Waals surface area contributed by atoms with E-state index in [2.05, 4.69) is 0 Å². The van der Waals surface area contributed by atoms with E-state index in [9.17, 15) is 19.3 Å². The number of carbonyl (C=O) groups excluding carboxylic acids is 1. The highest BCUT2D eigenvalue weighted by Gasteiger charge is 2.29. The molecule has 23 heavy (non-hydrogen) atoms. The number of fused-ring (bicyclic) bond motifs is 1. The van der Waals surface area contributed by atoms with Crippen LogP contribution in [0.5, 0.6) is 0 Å². The van der Waals surface area contributed by atoms with Gasteiger partial charge < -0.3 is 4.90 Å². The molecule has 2 aromatic carbocycles. The van der Waals surface area contributed by atoms with Gasteiger partial charge in [0.1, 0.15) is 5.82 Å². The number of rotatable bonds is 2. The number of halogens is 1. The number of hydrogen-bond donors (Lipinski definition) is 0. The zero-order valence-corrected chi connectivity index (χ0v) is 12.5. The van der Waals surface area contributed by atoms with E-state index in [1.807, 2.05) is 6.92 Å². The van der Waals surface area contributed by atoms with Crippen LogP contribution in [-0.4, -0.2) is 16.9 Å². The van der Waals surface area contributed by atoms with Crippen LogP contribution in [0.1, 0.15) is 29.3 Å². The number of hydrogen-bond acceptors (Lipinski definition) is 3. The van der Waals surface area contributed by atoms with Crippen LogP contribution >= 0.6 is 0 Å². The topological polar surface area (TPSA) is 63.5 Å². The summed E-state index contributed by atoms with van der Waals surface area (Å²) >= 11 is 0. The van der Waals surface area contributed by atoms with Gasteiger partial charge in [0.15, 0.2) is 0 Å². The molecule has 0 unspecified atom stereocenters. The van der Waals surface area contributed by atoms with Crippen molar-refractivity contribution >= 4 is 17.3 Å². The molecule has 118 valence electrons. The van der Waals surface area contributed by atoms with Crippen LogP contribution < -0.4 is 4.90 Å². The van der Waals surface area contributed by atoms with Gasteiger partial charge in [-0.25, -0.2) is 4.39 Å². The first-order valence-electron chi connectivity index (χ1n) is 7.34. The minimum absolute atomic E-state index is 0.0179. The molecule has 0 saturated heterocycles. The monoisotopic (exact) mass is 314 g/mol. The van der Waals surface area contributed by atoms with Crippen molar-refractivity contribution in [1.29, 1.82) is 0 Å². The fourth-order valence-corrected chi connectivity index (χ4v) is 2.89. The second kappa shape index (κ2) is 5.79. The van der Waals surface area contributed by atoms with Crippen molar-refractivity contribution in [2.75, 3.05) is 4.90 Å². The minimum atomic E-state index is -0.504. The standard InChI is InChI=1S/C17H15FN2O3/c1-11-2-3-13-10-14(18)6-9-16(13)19(11)17(21)12-4-7-15(8-5-12)20(22)23/h4-11H,2-3H2,1H3/t11-/m0/s1. The molecule has 1 atom stereocenters. The fraction of sp³-hybridized carbons (Fsp3) is 0.235. The summed E-state index contributed by atoms with van der Waals surface area (Å²) in [6.45, 7) is 1.94. The molecule has 5 nitrogen and oxygen atoms in total. The number of nitro groups is 1. The Hall–Kier alpha value is -2.76. The number of nitro benzene ring substituents is 1. The molecule has 0 saturated carbocycles. The first-order valence-corrected chi connectivity index (χ1v) is 7.34. The molecule has 0 bridgehead atoms. The van der Waals surface area contributed by atoms with E-state index in [1.54, 1.807) is 11.0 Å². The lowest BCUT2D eigenvalue weighted by Gasteiger charge is -2.35. The summed E-state index contributed by atoms with van der Waals surface area (Å²) in [4.78, 5) is 24.6. The summed E-state index contributed by atoms with van der Waals surface area (Å²) in [5.41, 5.74) is 1.82. The Morgan fingerprint density at radius 1 is 1.26 bits per heavy atom. The van der Waals surface area contributed by atoms with Gasteiger partial charge in [0.25, 0.3) is 11.6 Å². The number of amides is 1. The van der Waals surface area contributed by atoms with Gasteiger partial charge in [-0.3, -0.25) is 14.9 Å². The molecule has 1 amide bonds. The molecule has 1 heterocycles. The smallest absolute Gasteiger partial charge is 0.269 e. The van der Waals surface area contributed by atoms with E-state index in [0.717, 1.165) is 18.4 Å². The summed E-state index contributed by atoms with van der Waals surface area (Å²) in [5, 5.41) is 10.7. The average molecular weight is 314 g/mol. The van der Waals surface area contributed by atoms with E-state index in [0.29, 0.717) is 11.3 Å². The minimum Gasteiger partial charge on any atom is -0.305 e. The number of non-ortho nitro benzene ring substituents is 1. The Kier molecular flexibility index (Phi) is 3.82. The zero-order valence-electron chi connectivity index (χ0n) is 12.5. The molecule has 0 fully saturated rings. The summed E-state index contributed by atoms with van der Waals surface area (Å²) in [6, 6.07) is 9.92. The van der Waals surface area contributed by atoms with Crippen molar-refractivity contribution in [2.24, 2.45) is 0 Å². The lowest BCUT2D eigenvalue weighted by Crippen LogP contribution is -2.42. The third-order valence-electron chi connectivity index (χ3n) is 4.12. The largest absolute Gasteiger partial charge is 0.305 e. The van der Waals surface area contributed by atoms with E-state index >= 15 is 0 Å². The fourth-order valence-electron chi connectivity index (χ4n) is 2.89. The summed E-state index contributed by atoms with van der Waals surface area (Å²) in [6.07, 6.45) is 1.47. The molecule has 0 radical (unpaired) electrons. The molecular formula is C17H15FN2O3. The van der Waals surface area contributed by atoms with Gasteiger partial charge in [-0.15, -0.1) is 0 Å².